The molecule has 0 aliphatic carbocycles. The molecule has 0 bridgehead atoms. The number of carbonyl (C=O) groups is 2. The summed E-state index contributed by atoms with van der Waals surface area (Å²) < 4.78 is 11.7. The van der Waals surface area contributed by atoms with Gasteiger partial charge in [0.05, 0.1) is 10.2 Å². The van der Waals surface area contributed by atoms with E-state index >= 15 is 0 Å². The summed E-state index contributed by atoms with van der Waals surface area (Å²) in [6.45, 7) is 2.65. The maximum absolute atomic E-state index is 12.2. The Labute approximate surface area is 178 Å². The van der Waals surface area contributed by atoms with Gasteiger partial charge in [0, 0.05) is 19.4 Å². The van der Waals surface area contributed by atoms with Crippen LogP contribution >= 0.6 is 11.3 Å². The van der Waals surface area contributed by atoms with E-state index in [1.54, 1.807) is 0 Å². The normalized spacial score (nSPS) is 12.2. The van der Waals surface area contributed by atoms with Gasteiger partial charge in [0.15, 0.2) is 16.6 Å². The van der Waals surface area contributed by atoms with E-state index in [0.29, 0.717) is 36.7 Å². The summed E-state index contributed by atoms with van der Waals surface area (Å²) in [5, 5.41) is 6.39. The van der Waals surface area contributed by atoms with E-state index in [-0.39, 0.29) is 18.6 Å². The summed E-state index contributed by atoms with van der Waals surface area (Å²) in [6.07, 6.45) is 2.33. The minimum Gasteiger partial charge on any atom is -0.454 e. The van der Waals surface area contributed by atoms with Crippen LogP contribution in [0.25, 0.3) is 10.2 Å². The molecule has 1 aliphatic heterocycles. The van der Waals surface area contributed by atoms with Gasteiger partial charge in [-0.15, -0.1) is 0 Å². The molecular weight excluding hydrogens is 402 g/mol. The number of aryl methyl sites for hydroxylation is 1. The number of thiazole rings is 1. The molecule has 0 atom stereocenters. The lowest BCUT2D eigenvalue weighted by Gasteiger charge is -2.06. The van der Waals surface area contributed by atoms with Gasteiger partial charge in [0.1, 0.15) is 0 Å². The number of carbonyl (C=O) groups excluding carboxylic acids is 2. The van der Waals surface area contributed by atoms with Crippen LogP contribution in [-0.4, -0.2) is 23.6 Å². The van der Waals surface area contributed by atoms with Crippen molar-refractivity contribution in [1.82, 2.24) is 10.3 Å². The number of anilines is 1. The lowest BCUT2D eigenvalue weighted by Crippen LogP contribution is -2.22. The molecule has 2 heterocycles. The molecule has 8 heteroatoms. The Kier molecular flexibility index (Phi) is 6.13. The Morgan fingerprint density at radius 3 is 2.73 bits per heavy atom. The van der Waals surface area contributed by atoms with Crippen LogP contribution in [0.15, 0.2) is 36.4 Å². The second kappa shape index (κ2) is 9.13. The molecule has 1 aliphatic rings. The van der Waals surface area contributed by atoms with Crippen molar-refractivity contribution in [2.75, 3.05) is 12.1 Å². The van der Waals surface area contributed by atoms with Crippen LogP contribution in [-0.2, 0) is 22.6 Å². The van der Waals surface area contributed by atoms with Crippen molar-refractivity contribution in [1.29, 1.82) is 0 Å². The number of ether oxygens (including phenoxy) is 2. The third-order valence-corrected chi connectivity index (χ3v) is 5.68. The number of aromatic nitrogens is 1. The molecule has 0 saturated heterocycles. The standard InChI is InChI=1S/C22H23N3O4S/c1-2-3-21(27)25-22-24-16-7-4-14(11-19(16)30-22)6-9-20(26)23-12-15-5-8-17-18(10-15)29-13-28-17/h4-5,7-8,10-11H,2-3,6,9,12-13H2,1H3,(H,23,26)(H,24,25,27). The van der Waals surface area contributed by atoms with E-state index < -0.39 is 0 Å². The van der Waals surface area contributed by atoms with Crippen LogP contribution in [0.3, 0.4) is 0 Å². The zero-order chi connectivity index (χ0) is 20.9. The predicted octanol–water partition coefficient (Wildman–Crippen LogP) is 4.01. The van der Waals surface area contributed by atoms with Gasteiger partial charge in [0.25, 0.3) is 0 Å². The van der Waals surface area contributed by atoms with Crippen LogP contribution in [0.4, 0.5) is 5.13 Å². The average Bonchev–Trinajstić information content (AvgIpc) is 3.36. The van der Waals surface area contributed by atoms with Crippen molar-refractivity contribution in [2.45, 2.75) is 39.2 Å². The van der Waals surface area contributed by atoms with Crippen molar-refractivity contribution >= 4 is 38.5 Å². The summed E-state index contributed by atoms with van der Waals surface area (Å²) >= 11 is 1.45. The first-order valence-electron chi connectivity index (χ1n) is 9.95. The highest BCUT2D eigenvalue weighted by Gasteiger charge is 2.13. The van der Waals surface area contributed by atoms with Crippen LogP contribution in [0, 0.1) is 0 Å². The summed E-state index contributed by atoms with van der Waals surface area (Å²) in [4.78, 5) is 28.4. The Bertz CT molecular complexity index is 1080. The van der Waals surface area contributed by atoms with Gasteiger partial charge in [0.2, 0.25) is 18.6 Å². The first-order chi connectivity index (χ1) is 14.6. The van der Waals surface area contributed by atoms with Gasteiger partial charge in [-0.05, 0) is 48.2 Å². The summed E-state index contributed by atoms with van der Waals surface area (Å²) in [6, 6.07) is 11.6. The Balaban J connectivity index is 1.29. The zero-order valence-electron chi connectivity index (χ0n) is 16.7. The molecule has 2 amide bonds. The highest BCUT2D eigenvalue weighted by atomic mass is 32.1. The Morgan fingerprint density at radius 1 is 1.03 bits per heavy atom. The van der Waals surface area contributed by atoms with Gasteiger partial charge < -0.3 is 20.1 Å². The van der Waals surface area contributed by atoms with Crippen molar-refractivity contribution in [3.05, 3.63) is 47.5 Å². The molecule has 7 nitrogen and oxygen atoms in total. The number of amides is 2. The molecule has 0 saturated carbocycles. The van der Waals surface area contributed by atoms with Gasteiger partial charge >= 0.3 is 0 Å². The van der Waals surface area contributed by atoms with Crippen LogP contribution in [0.5, 0.6) is 11.5 Å². The van der Waals surface area contributed by atoms with E-state index in [4.69, 9.17) is 9.47 Å². The van der Waals surface area contributed by atoms with E-state index in [2.05, 4.69) is 15.6 Å². The number of rotatable bonds is 8. The van der Waals surface area contributed by atoms with E-state index in [1.807, 2.05) is 43.3 Å². The monoisotopic (exact) mass is 425 g/mol. The molecule has 0 unspecified atom stereocenters. The minimum atomic E-state index is -0.0177. The number of nitrogens with one attached hydrogen (secondary N) is 2. The summed E-state index contributed by atoms with van der Waals surface area (Å²) in [7, 11) is 0. The largest absolute Gasteiger partial charge is 0.454 e. The predicted molar refractivity (Wildman–Crippen MR) is 116 cm³/mol. The molecule has 2 aromatic carbocycles. The average molecular weight is 426 g/mol. The van der Waals surface area contributed by atoms with E-state index in [0.717, 1.165) is 33.5 Å². The van der Waals surface area contributed by atoms with Crippen molar-refractivity contribution in [3.8, 4) is 11.5 Å². The second-order valence-electron chi connectivity index (χ2n) is 7.08. The minimum absolute atomic E-state index is 0.00964. The second-order valence-corrected chi connectivity index (χ2v) is 8.11. The summed E-state index contributed by atoms with van der Waals surface area (Å²) in [5.41, 5.74) is 2.88. The first kappa shape index (κ1) is 20.2. The smallest absolute Gasteiger partial charge is 0.231 e. The zero-order valence-corrected chi connectivity index (χ0v) is 17.5. The van der Waals surface area contributed by atoms with Crippen molar-refractivity contribution in [2.24, 2.45) is 0 Å². The van der Waals surface area contributed by atoms with Gasteiger partial charge in [-0.2, -0.15) is 0 Å². The molecule has 1 aromatic heterocycles. The van der Waals surface area contributed by atoms with Gasteiger partial charge in [-0.3, -0.25) is 9.59 Å². The highest BCUT2D eigenvalue weighted by Crippen LogP contribution is 2.32. The molecule has 2 N–H and O–H groups in total. The van der Waals surface area contributed by atoms with Crippen molar-refractivity contribution in [3.63, 3.8) is 0 Å². The fraction of sp³-hybridized carbons (Fsp3) is 0.318. The van der Waals surface area contributed by atoms with E-state index in [1.165, 1.54) is 11.3 Å². The van der Waals surface area contributed by atoms with Gasteiger partial charge in [-0.25, -0.2) is 4.98 Å². The van der Waals surface area contributed by atoms with Crippen LogP contribution in [0.2, 0.25) is 0 Å². The molecule has 30 heavy (non-hydrogen) atoms. The highest BCUT2D eigenvalue weighted by molar-refractivity contribution is 7.22. The van der Waals surface area contributed by atoms with Gasteiger partial charge in [-0.1, -0.05) is 30.4 Å². The number of fused-ring (bicyclic) bond motifs is 2. The molecular formula is C22H23N3O4S. The lowest BCUT2D eigenvalue weighted by molar-refractivity contribution is -0.121. The molecule has 0 spiro atoms. The fourth-order valence-corrected chi connectivity index (χ4v) is 4.13. The molecule has 0 fully saturated rings. The third-order valence-electron chi connectivity index (χ3n) is 4.74. The number of hydrogen-bond acceptors (Lipinski definition) is 6. The fourth-order valence-electron chi connectivity index (χ4n) is 3.18. The first-order valence-corrected chi connectivity index (χ1v) is 10.8. The third kappa shape index (κ3) is 4.88. The summed E-state index contributed by atoms with van der Waals surface area (Å²) in [5.74, 6) is 1.42. The number of hydrogen-bond donors (Lipinski definition) is 2. The Morgan fingerprint density at radius 2 is 1.87 bits per heavy atom. The molecule has 0 radical (unpaired) electrons. The quantitative estimate of drug-likeness (QED) is 0.569. The van der Waals surface area contributed by atoms with Crippen LogP contribution in [0.1, 0.15) is 37.3 Å². The topological polar surface area (TPSA) is 89.6 Å². The maximum atomic E-state index is 12.2. The number of nitrogens with zero attached hydrogens (tertiary/aromatic N) is 1. The lowest BCUT2D eigenvalue weighted by atomic mass is 10.1. The maximum Gasteiger partial charge on any atom is 0.231 e. The Hall–Kier alpha value is -3.13. The number of benzene rings is 2. The molecule has 156 valence electrons. The van der Waals surface area contributed by atoms with Crippen molar-refractivity contribution < 1.29 is 19.1 Å². The van der Waals surface area contributed by atoms with Crippen LogP contribution < -0.4 is 20.1 Å². The molecule has 4 rings (SSSR count). The molecule has 3 aromatic rings. The van der Waals surface area contributed by atoms with E-state index in [9.17, 15) is 9.59 Å². The SMILES string of the molecule is CCCC(=O)Nc1nc2ccc(CCC(=O)NCc3ccc4c(c3)OCO4)cc2s1.